The second-order valence-corrected chi connectivity index (χ2v) is 8.65. The molecule has 0 bridgehead atoms. The number of sulfonamides is 1. The minimum Gasteiger partial charge on any atom is -0.497 e. The van der Waals surface area contributed by atoms with Crippen LogP contribution in [0.15, 0.2) is 60.7 Å². The van der Waals surface area contributed by atoms with Gasteiger partial charge in [-0.15, -0.1) is 0 Å². The van der Waals surface area contributed by atoms with Gasteiger partial charge in [-0.2, -0.15) is 0 Å². The molecule has 1 N–H and O–H groups in total. The van der Waals surface area contributed by atoms with E-state index >= 15 is 0 Å². The monoisotopic (exact) mass is 428 g/mol. The molecule has 1 unspecified atom stereocenters. The van der Waals surface area contributed by atoms with E-state index in [9.17, 15) is 13.2 Å². The van der Waals surface area contributed by atoms with Crippen molar-refractivity contribution >= 4 is 38.1 Å². The fraction of sp³-hybridized carbons (Fsp3) is 0.227. The third-order valence-corrected chi connectivity index (χ3v) is 5.99. The van der Waals surface area contributed by atoms with Crippen molar-refractivity contribution in [2.24, 2.45) is 0 Å². The molecule has 0 heterocycles. The van der Waals surface area contributed by atoms with Crippen molar-refractivity contribution in [3.63, 3.8) is 0 Å². The number of carbonyl (C=O) groups is 1. The number of methoxy groups -OCH3 is 2. The first kappa shape index (κ1) is 21.4. The number of ether oxygens (including phenoxy) is 2. The molecule has 0 saturated carbocycles. The maximum absolute atomic E-state index is 13.1. The van der Waals surface area contributed by atoms with Gasteiger partial charge in [-0.25, -0.2) is 8.42 Å². The van der Waals surface area contributed by atoms with Crippen LogP contribution in [0.25, 0.3) is 10.8 Å². The Morgan fingerprint density at radius 2 is 1.70 bits per heavy atom. The highest BCUT2D eigenvalue weighted by Crippen LogP contribution is 2.35. The number of hydrogen-bond acceptors (Lipinski definition) is 5. The van der Waals surface area contributed by atoms with Crippen LogP contribution in [0.4, 0.5) is 11.4 Å². The number of anilines is 2. The highest BCUT2D eigenvalue weighted by Gasteiger charge is 2.32. The molecular formula is C22H24N2O5S. The molecule has 158 valence electrons. The topological polar surface area (TPSA) is 84.9 Å². The molecule has 0 spiro atoms. The molecule has 1 atom stereocenters. The maximum atomic E-state index is 13.1. The van der Waals surface area contributed by atoms with Crippen molar-refractivity contribution in [2.45, 2.75) is 13.0 Å². The van der Waals surface area contributed by atoms with Gasteiger partial charge in [-0.1, -0.05) is 36.4 Å². The number of hydrogen-bond donors (Lipinski definition) is 1. The van der Waals surface area contributed by atoms with Crippen molar-refractivity contribution < 1.29 is 22.7 Å². The Labute approximate surface area is 176 Å². The van der Waals surface area contributed by atoms with Gasteiger partial charge in [0, 0.05) is 17.1 Å². The van der Waals surface area contributed by atoms with Gasteiger partial charge in [-0.05, 0) is 30.5 Å². The van der Waals surface area contributed by atoms with Crippen LogP contribution in [0.5, 0.6) is 11.5 Å². The third kappa shape index (κ3) is 4.33. The summed E-state index contributed by atoms with van der Waals surface area (Å²) in [5.74, 6) is 0.286. The van der Waals surface area contributed by atoms with E-state index in [2.05, 4.69) is 5.32 Å². The highest BCUT2D eigenvalue weighted by molar-refractivity contribution is 7.92. The van der Waals surface area contributed by atoms with E-state index < -0.39 is 22.0 Å². The summed E-state index contributed by atoms with van der Waals surface area (Å²) in [6.45, 7) is 1.53. The zero-order valence-corrected chi connectivity index (χ0v) is 18.1. The lowest BCUT2D eigenvalue weighted by Gasteiger charge is -2.29. The average Bonchev–Trinajstić information content (AvgIpc) is 2.73. The highest BCUT2D eigenvalue weighted by atomic mass is 32.2. The fourth-order valence-electron chi connectivity index (χ4n) is 3.32. The molecule has 0 aliphatic rings. The minimum atomic E-state index is -3.82. The molecule has 0 aromatic heterocycles. The third-order valence-electron chi connectivity index (χ3n) is 4.76. The standard InChI is InChI=1S/C22H24N2O5S/c1-15(22(25)23-19-11-7-9-16-8-5-6-10-18(16)19)24(30(4,26)27)20-14-17(28-2)12-13-21(20)29-3/h5-15H,1-4H3,(H,23,25). The molecule has 0 aliphatic carbocycles. The molecular weight excluding hydrogens is 404 g/mol. The zero-order valence-electron chi connectivity index (χ0n) is 17.2. The predicted molar refractivity (Wildman–Crippen MR) is 119 cm³/mol. The maximum Gasteiger partial charge on any atom is 0.248 e. The van der Waals surface area contributed by atoms with Crippen LogP contribution in [0, 0.1) is 0 Å². The Bertz CT molecular complexity index is 1170. The SMILES string of the molecule is COc1ccc(OC)c(N(C(C)C(=O)Nc2cccc3ccccc23)S(C)(=O)=O)c1. The number of nitrogens with zero attached hydrogens (tertiary/aromatic N) is 1. The van der Waals surface area contributed by atoms with Gasteiger partial charge >= 0.3 is 0 Å². The van der Waals surface area contributed by atoms with Crippen molar-refractivity contribution in [3.8, 4) is 11.5 Å². The quantitative estimate of drug-likeness (QED) is 0.621. The summed E-state index contributed by atoms with van der Waals surface area (Å²) in [6.07, 6.45) is 1.05. The van der Waals surface area contributed by atoms with Gasteiger partial charge in [0.05, 0.1) is 26.2 Å². The summed E-state index contributed by atoms with van der Waals surface area (Å²) in [7, 11) is -0.901. The van der Waals surface area contributed by atoms with E-state index in [0.717, 1.165) is 21.3 Å². The Balaban J connectivity index is 2.00. The Morgan fingerprint density at radius 3 is 2.37 bits per heavy atom. The molecule has 3 aromatic carbocycles. The van der Waals surface area contributed by atoms with Crippen LogP contribution in [0.2, 0.25) is 0 Å². The van der Waals surface area contributed by atoms with Crippen LogP contribution >= 0.6 is 0 Å². The molecule has 0 saturated heterocycles. The van der Waals surface area contributed by atoms with Gasteiger partial charge in [0.25, 0.3) is 0 Å². The summed E-state index contributed by atoms with van der Waals surface area (Å²) in [5, 5.41) is 4.69. The van der Waals surface area contributed by atoms with E-state index in [4.69, 9.17) is 9.47 Å². The number of fused-ring (bicyclic) bond motifs is 1. The molecule has 7 nitrogen and oxygen atoms in total. The van der Waals surface area contributed by atoms with Crippen molar-refractivity contribution in [2.75, 3.05) is 30.1 Å². The van der Waals surface area contributed by atoms with Crippen LogP contribution in [-0.2, 0) is 14.8 Å². The lowest BCUT2D eigenvalue weighted by molar-refractivity contribution is -0.116. The predicted octanol–water partition coefficient (Wildman–Crippen LogP) is 3.65. The molecule has 1 amide bonds. The largest absolute Gasteiger partial charge is 0.497 e. The van der Waals surface area contributed by atoms with Crippen molar-refractivity contribution in [1.82, 2.24) is 0 Å². The van der Waals surface area contributed by atoms with Gasteiger partial charge in [0.1, 0.15) is 17.5 Å². The molecule has 0 fully saturated rings. The van der Waals surface area contributed by atoms with E-state index in [0.29, 0.717) is 17.2 Å². The Hall–Kier alpha value is -3.26. The van der Waals surface area contributed by atoms with E-state index in [-0.39, 0.29) is 5.69 Å². The summed E-state index contributed by atoms with van der Waals surface area (Å²) in [5.41, 5.74) is 0.830. The van der Waals surface area contributed by atoms with Gasteiger partial charge < -0.3 is 14.8 Å². The fourth-order valence-corrected chi connectivity index (χ4v) is 4.49. The number of carbonyl (C=O) groups excluding carboxylic acids is 1. The summed E-state index contributed by atoms with van der Waals surface area (Å²) in [4.78, 5) is 13.1. The zero-order chi connectivity index (χ0) is 21.9. The lowest BCUT2D eigenvalue weighted by atomic mass is 10.1. The second-order valence-electron chi connectivity index (χ2n) is 6.79. The summed E-state index contributed by atoms with van der Waals surface area (Å²) >= 11 is 0. The van der Waals surface area contributed by atoms with Gasteiger partial charge in [0.15, 0.2) is 0 Å². The van der Waals surface area contributed by atoms with Crippen molar-refractivity contribution in [1.29, 1.82) is 0 Å². The van der Waals surface area contributed by atoms with Crippen LogP contribution < -0.4 is 19.1 Å². The summed E-state index contributed by atoms with van der Waals surface area (Å²) in [6, 6.07) is 16.9. The van der Waals surface area contributed by atoms with E-state index in [1.807, 2.05) is 36.4 Å². The number of amides is 1. The van der Waals surface area contributed by atoms with E-state index in [1.165, 1.54) is 27.2 Å². The first-order valence-electron chi connectivity index (χ1n) is 9.26. The molecule has 3 rings (SSSR count). The average molecular weight is 429 g/mol. The number of benzene rings is 3. The van der Waals surface area contributed by atoms with Crippen molar-refractivity contribution in [3.05, 3.63) is 60.7 Å². The lowest BCUT2D eigenvalue weighted by Crippen LogP contribution is -2.45. The first-order chi connectivity index (χ1) is 14.3. The van der Waals surface area contributed by atoms with Gasteiger partial charge in [-0.3, -0.25) is 9.10 Å². The van der Waals surface area contributed by atoms with Gasteiger partial charge in [0.2, 0.25) is 15.9 Å². The first-order valence-corrected chi connectivity index (χ1v) is 11.1. The second kappa shape index (κ2) is 8.62. The number of nitrogens with one attached hydrogen (secondary N) is 1. The van der Waals surface area contributed by atoms with Crippen LogP contribution in [0.1, 0.15) is 6.92 Å². The Kier molecular flexibility index (Phi) is 6.17. The summed E-state index contributed by atoms with van der Waals surface area (Å²) < 4.78 is 36.9. The molecule has 0 radical (unpaired) electrons. The molecule has 3 aromatic rings. The smallest absolute Gasteiger partial charge is 0.248 e. The molecule has 30 heavy (non-hydrogen) atoms. The molecule has 8 heteroatoms. The Morgan fingerprint density at radius 1 is 1.00 bits per heavy atom. The normalized spacial score (nSPS) is 12.3. The van der Waals surface area contributed by atoms with Crippen LogP contribution in [0.3, 0.4) is 0 Å². The number of rotatable bonds is 7. The molecule has 0 aliphatic heterocycles. The van der Waals surface area contributed by atoms with Crippen LogP contribution in [-0.4, -0.2) is 40.8 Å². The van der Waals surface area contributed by atoms with E-state index in [1.54, 1.807) is 18.2 Å². The minimum absolute atomic E-state index is 0.222.